The maximum Gasteiger partial charge on any atom is 0.230 e. The van der Waals surface area contributed by atoms with E-state index < -0.39 is 0 Å². The zero-order valence-corrected chi connectivity index (χ0v) is 12.7. The lowest BCUT2D eigenvalue weighted by molar-refractivity contribution is -0.118. The molecule has 0 bridgehead atoms. The summed E-state index contributed by atoms with van der Waals surface area (Å²) in [6.45, 7) is 0.860. The molecule has 2 aliphatic rings. The predicted octanol–water partition coefficient (Wildman–Crippen LogP) is 1.85. The number of amides is 1. The van der Waals surface area contributed by atoms with E-state index in [0.29, 0.717) is 11.7 Å². The van der Waals surface area contributed by atoms with Gasteiger partial charge < -0.3 is 9.88 Å². The molecule has 6 heteroatoms. The van der Waals surface area contributed by atoms with Crippen LogP contribution in [-0.4, -0.2) is 33.0 Å². The molecular weight excluding hydrogens is 272 g/mol. The lowest BCUT2D eigenvalue weighted by Gasteiger charge is -2.18. The normalized spacial score (nSPS) is 28.6. The van der Waals surface area contributed by atoms with E-state index in [1.54, 1.807) is 6.33 Å². The van der Waals surface area contributed by atoms with E-state index in [1.165, 1.54) is 43.9 Å². The molecule has 1 aromatic heterocycles. The fourth-order valence-electron chi connectivity index (χ4n) is 3.77. The van der Waals surface area contributed by atoms with Gasteiger partial charge in [0.25, 0.3) is 0 Å². The maximum atomic E-state index is 11.9. The summed E-state index contributed by atoms with van der Waals surface area (Å²) in [5.41, 5.74) is 0. The van der Waals surface area contributed by atoms with Gasteiger partial charge in [-0.2, -0.15) is 0 Å². The predicted molar refractivity (Wildman–Crippen MR) is 78.3 cm³/mol. The Morgan fingerprint density at radius 1 is 1.45 bits per heavy atom. The van der Waals surface area contributed by atoms with E-state index in [2.05, 4.69) is 15.5 Å². The third-order valence-corrected chi connectivity index (χ3v) is 5.83. The summed E-state index contributed by atoms with van der Waals surface area (Å²) >= 11 is 1.44. The Hall–Kier alpha value is -1.04. The van der Waals surface area contributed by atoms with Crippen molar-refractivity contribution in [2.45, 2.75) is 37.3 Å². The lowest BCUT2D eigenvalue weighted by Crippen LogP contribution is -2.32. The van der Waals surface area contributed by atoms with Gasteiger partial charge >= 0.3 is 0 Å². The van der Waals surface area contributed by atoms with Crippen LogP contribution in [0.25, 0.3) is 0 Å². The van der Waals surface area contributed by atoms with E-state index in [0.717, 1.165) is 23.5 Å². The SMILES string of the molecule is Cn1cnnc1SCC(=O)NC[C@H]1CC[C@@H]2CCC[C@@H]21. The van der Waals surface area contributed by atoms with Crippen molar-refractivity contribution in [3.05, 3.63) is 6.33 Å². The quantitative estimate of drug-likeness (QED) is 0.842. The van der Waals surface area contributed by atoms with Crippen molar-refractivity contribution in [2.75, 3.05) is 12.3 Å². The highest BCUT2D eigenvalue weighted by atomic mass is 32.2. The number of nitrogens with one attached hydrogen (secondary N) is 1. The molecule has 5 nitrogen and oxygen atoms in total. The van der Waals surface area contributed by atoms with E-state index in [4.69, 9.17) is 0 Å². The molecule has 2 aliphatic carbocycles. The smallest absolute Gasteiger partial charge is 0.230 e. The van der Waals surface area contributed by atoms with E-state index in [-0.39, 0.29) is 5.91 Å². The molecule has 110 valence electrons. The standard InChI is InChI=1S/C14H22N4OS/c1-18-9-16-17-14(18)20-8-13(19)15-7-11-6-5-10-3-2-4-12(10)11/h9-12H,2-8H2,1H3,(H,15,19)/t10-,11+,12-/m0/s1. The van der Waals surface area contributed by atoms with Gasteiger partial charge in [-0.05, 0) is 37.0 Å². The second-order valence-electron chi connectivity index (χ2n) is 6.01. The van der Waals surface area contributed by atoms with Gasteiger partial charge in [-0.3, -0.25) is 4.79 Å². The van der Waals surface area contributed by atoms with Gasteiger partial charge in [0.05, 0.1) is 5.75 Å². The van der Waals surface area contributed by atoms with Crippen molar-refractivity contribution >= 4 is 17.7 Å². The van der Waals surface area contributed by atoms with E-state index in [9.17, 15) is 4.79 Å². The molecule has 0 aromatic carbocycles. The molecule has 3 rings (SSSR count). The van der Waals surface area contributed by atoms with Crippen LogP contribution < -0.4 is 5.32 Å². The minimum absolute atomic E-state index is 0.111. The molecule has 1 heterocycles. The molecule has 2 saturated carbocycles. The summed E-state index contributed by atoms with van der Waals surface area (Å²) in [6, 6.07) is 0. The summed E-state index contributed by atoms with van der Waals surface area (Å²) in [6.07, 6.45) is 8.50. The molecule has 0 unspecified atom stereocenters. The van der Waals surface area contributed by atoms with Gasteiger partial charge in [0.2, 0.25) is 5.91 Å². The van der Waals surface area contributed by atoms with Gasteiger partial charge in [-0.1, -0.05) is 24.6 Å². The molecule has 0 aliphatic heterocycles. The van der Waals surface area contributed by atoms with Crippen LogP contribution in [0.1, 0.15) is 32.1 Å². The molecule has 0 spiro atoms. The summed E-state index contributed by atoms with van der Waals surface area (Å²) in [4.78, 5) is 11.9. The molecule has 2 fully saturated rings. The Morgan fingerprint density at radius 2 is 2.35 bits per heavy atom. The van der Waals surface area contributed by atoms with Crippen molar-refractivity contribution in [3.8, 4) is 0 Å². The Morgan fingerprint density at radius 3 is 3.15 bits per heavy atom. The number of aryl methyl sites for hydroxylation is 1. The van der Waals surface area contributed by atoms with Crippen LogP contribution in [0.15, 0.2) is 11.5 Å². The number of carbonyl (C=O) groups excluding carboxylic acids is 1. The molecule has 1 amide bonds. The van der Waals surface area contributed by atoms with Crippen LogP contribution in [0.5, 0.6) is 0 Å². The van der Waals surface area contributed by atoms with Crippen molar-refractivity contribution in [1.82, 2.24) is 20.1 Å². The van der Waals surface area contributed by atoms with Crippen molar-refractivity contribution < 1.29 is 4.79 Å². The maximum absolute atomic E-state index is 11.9. The molecular formula is C14H22N4OS. The zero-order valence-electron chi connectivity index (χ0n) is 11.9. The number of nitrogens with zero attached hydrogens (tertiary/aromatic N) is 3. The fourth-order valence-corrected chi connectivity index (χ4v) is 4.49. The molecule has 1 N–H and O–H groups in total. The number of rotatable bonds is 5. The number of thioether (sulfide) groups is 1. The summed E-state index contributed by atoms with van der Waals surface area (Å²) in [5, 5.41) is 11.7. The minimum atomic E-state index is 0.111. The third kappa shape index (κ3) is 3.00. The van der Waals surface area contributed by atoms with Crippen molar-refractivity contribution in [3.63, 3.8) is 0 Å². The lowest BCUT2D eigenvalue weighted by atomic mass is 9.92. The van der Waals surface area contributed by atoms with Gasteiger partial charge in [0, 0.05) is 13.6 Å². The number of carbonyl (C=O) groups is 1. The largest absolute Gasteiger partial charge is 0.355 e. The average Bonchev–Trinajstić information content (AvgIpc) is 3.11. The minimum Gasteiger partial charge on any atom is -0.355 e. The van der Waals surface area contributed by atoms with Gasteiger partial charge in [-0.15, -0.1) is 10.2 Å². The summed E-state index contributed by atoms with van der Waals surface area (Å²) in [7, 11) is 1.89. The summed E-state index contributed by atoms with van der Waals surface area (Å²) < 4.78 is 1.83. The molecule has 0 saturated heterocycles. The first kappa shape index (κ1) is 13.9. The fraction of sp³-hybridized carbons (Fsp3) is 0.786. The molecule has 1 aromatic rings. The second kappa shape index (κ2) is 6.16. The van der Waals surface area contributed by atoms with Crippen LogP contribution >= 0.6 is 11.8 Å². The number of fused-ring (bicyclic) bond motifs is 1. The Bertz CT molecular complexity index is 475. The number of hydrogen-bond acceptors (Lipinski definition) is 4. The highest BCUT2D eigenvalue weighted by molar-refractivity contribution is 7.99. The first-order valence-corrected chi connectivity index (χ1v) is 8.46. The first-order chi connectivity index (χ1) is 9.74. The Kier molecular flexibility index (Phi) is 4.29. The Labute approximate surface area is 123 Å². The molecule has 0 radical (unpaired) electrons. The van der Waals surface area contributed by atoms with E-state index in [1.807, 2.05) is 11.6 Å². The highest BCUT2D eigenvalue weighted by Gasteiger charge is 2.38. The third-order valence-electron chi connectivity index (χ3n) is 4.80. The van der Waals surface area contributed by atoms with Gasteiger partial charge in [0.1, 0.15) is 6.33 Å². The van der Waals surface area contributed by atoms with Crippen LogP contribution in [0.4, 0.5) is 0 Å². The van der Waals surface area contributed by atoms with Crippen LogP contribution in [-0.2, 0) is 11.8 Å². The monoisotopic (exact) mass is 294 g/mol. The van der Waals surface area contributed by atoms with Crippen molar-refractivity contribution in [2.24, 2.45) is 24.8 Å². The highest BCUT2D eigenvalue weighted by Crippen LogP contribution is 2.47. The molecule has 3 atom stereocenters. The molecule has 20 heavy (non-hydrogen) atoms. The van der Waals surface area contributed by atoms with Crippen LogP contribution in [0.2, 0.25) is 0 Å². The average molecular weight is 294 g/mol. The zero-order chi connectivity index (χ0) is 13.9. The topological polar surface area (TPSA) is 59.8 Å². The van der Waals surface area contributed by atoms with Gasteiger partial charge in [0.15, 0.2) is 5.16 Å². The Balaban J connectivity index is 1.40. The van der Waals surface area contributed by atoms with E-state index >= 15 is 0 Å². The van der Waals surface area contributed by atoms with Crippen LogP contribution in [0, 0.1) is 17.8 Å². The van der Waals surface area contributed by atoms with Crippen molar-refractivity contribution in [1.29, 1.82) is 0 Å². The van der Waals surface area contributed by atoms with Crippen LogP contribution in [0.3, 0.4) is 0 Å². The first-order valence-electron chi connectivity index (χ1n) is 7.47. The van der Waals surface area contributed by atoms with Gasteiger partial charge in [-0.25, -0.2) is 0 Å². The second-order valence-corrected chi connectivity index (χ2v) is 6.95. The number of aromatic nitrogens is 3. The number of hydrogen-bond donors (Lipinski definition) is 1. The summed E-state index contributed by atoms with van der Waals surface area (Å²) in [5.74, 6) is 3.07.